The lowest BCUT2D eigenvalue weighted by Gasteiger charge is -2.30. The predicted molar refractivity (Wildman–Crippen MR) is 73.3 cm³/mol. The maximum atomic E-state index is 12.2. The van der Waals surface area contributed by atoms with Gasteiger partial charge in [-0.2, -0.15) is 0 Å². The SMILES string of the molecule is CC(CN1CCOCC1)NC(=O)[C@@H]1CCC[C@@H]1C(=O)O. The van der Waals surface area contributed by atoms with Crippen LogP contribution < -0.4 is 5.32 Å². The number of carbonyl (C=O) groups is 2. The van der Waals surface area contributed by atoms with Crippen LogP contribution in [0.5, 0.6) is 0 Å². The summed E-state index contributed by atoms with van der Waals surface area (Å²) in [6.07, 6.45) is 2.13. The van der Waals surface area contributed by atoms with Crippen molar-refractivity contribution in [3.63, 3.8) is 0 Å². The van der Waals surface area contributed by atoms with E-state index in [1.54, 1.807) is 0 Å². The number of ether oxygens (including phenoxy) is 1. The van der Waals surface area contributed by atoms with Crippen LogP contribution in [0.3, 0.4) is 0 Å². The number of rotatable bonds is 5. The Balaban J connectivity index is 1.79. The summed E-state index contributed by atoms with van der Waals surface area (Å²) < 4.78 is 5.29. The van der Waals surface area contributed by atoms with Crippen LogP contribution in [-0.2, 0) is 14.3 Å². The molecule has 1 saturated heterocycles. The van der Waals surface area contributed by atoms with Gasteiger partial charge in [0.1, 0.15) is 0 Å². The third-order valence-corrected chi connectivity index (χ3v) is 4.19. The molecule has 2 aliphatic rings. The maximum Gasteiger partial charge on any atom is 0.307 e. The molecular formula is C14H24N2O4. The van der Waals surface area contributed by atoms with Crippen molar-refractivity contribution in [1.29, 1.82) is 0 Å². The van der Waals surface area contributed by atoms with E-state index in [0.29, 0.717) is 12.8 Å². The van der Waals surface area contributed by atoms with Crippen LogP contribution in [0.15, 0.2) is 0 Å². The van der Waals surface area contributed by atoms with Gasteiger partial charge in [0.2, 0.25) is 5.91 Å². The quantitative estimate of drug-likeness (QED) is 0.760. The molecule has 2 N–H and O–H groups in total. The third-order valence-electron chi connectivity index (χ3n) is 4.19. The van der Waals surface area contributed by atoms with Gasteiger partial charge in [0.15, 0.2) is 0 Å². The van der Waals surface area contributed by atoms with Gasteiger partial charge < -0.3 is 15.2 Å². The summed E-state index contributed by atoms with van der Waals surface area (Å²) in [4.78, 5) is 25.6. The minimum absolute atomic E-state index is 0.0376. The molecule has 3 atom stereocenters. The Kier molecular flexibility index (Phi) is 5.37. The number of amides is 1. The van der Waals surface area contributed by atoms with Crippen molar-refractivity contribution in [3.05, 3.63) is 0 Å². The van der Waals surface area contributed by atoms with Crippen LogP contribution in [0, 0.1) is 11.8 Å². The number of nitrogens with one attached hydrogen (secondary N) is 1. The standard InChI is InChI=1S/C14H24N2O4/c1-10(9-16-5-7-20-8-6-16)15-13(17)11-3-2-4-12(11)14(18)19/h10-12H,2-9H2,1H3,(H,15,17)(H,18,19)/t10?,11-,12+/m1/s1. The zero-order chi connectivity index (χ0) is 14.5. The van der Waals surface area contributed by atoms with Gasteiger partial charge in [-0.3, -0.25) is 14.5 Å². The van der Waals surface area contributed by atoms with Crippen molar-refractivity contribution in [2.24, 2.45) is 11.8 Å². The fraction of sp³-hybridized carbons (Fsp3) is 0.857. The molecule has 0 aromatic heterocycles. The number of carboxylic acids is 1. The van der Waals surface area contributed by atoms with Crippen molar-refractivity contribution in [3.8, 4) is 0 Å². The first-order chi connectivity index (χ1) is 9.58. The summed E-state index contributed by atoms with van der Waals surface area (Å²) in [6, 6.07) is 0.0376. The van der Waals surface area contributed by atoms with Crippen molar-refractivity contribution < 1.29 is 19.4 Å². The maximum absolute atomic E-state index is 12.2. The molecule has 1 heterocycles. The fourth-order valence-corrected chi connectivity index (χ4v) is 3.14. The summed E-state index contributed by atoms with van der Waals surface area (Å²) in [5.74, 6) is -1.82. The van der Waals surface area contributed by atoms with Gasteiger partial charge in [-0.1, -0.05) is 6.42 Å². The van der Waals surface area contributed by atoms with Crippen LogP contribution in [0.1, 0.15) is 26.2 Å². The van der Waals surface area contributed by atoms with Gasteiger partial charge in [0.05, 0.1) is 25.0 Å². The lowest BCUT2D eigenvalue weighted by Crippen LogP contribution is -2.48. The summed E-state index contributed by atoms with van der Waals surface area (Å²) in [7, 11) is 0. The molecule has 6 nitrogen and oxygen atoms in total. The van der Waals surface area contributed by atoms with E-state index in [4.69, 9.17) is 9.84 Å². The molecule has 1 unspecified atom stereocenters. The number of carbonyl (C=O) groups excluding carboxylic acids is 1. The lowest BCUT2D eigenvalue weighted by atomic mass is 9.95. The molecule has 114 valence electrons. The average molecular weight is 284 g/mol. The monoisotopic (exact) mass is 284 g/mol. The van der Waals surface area contributed by atoms with Crippen LogP contribution in [0.2, 0.25) is 0 Å². The number of nitrogens with zero attached hydrogens (tertiary/aromatic N) is 1. The Morgan fingerprint density at radius 1 is 1.30 bits per heavy atom. The first-order valence-corrected chi connectivity index (χ1v) is 7.41. The highest BCUT2D eigenvalue weighted by Gasteiger charge is 2.38. The predicted octanol–water partition coefficient (Wildman–Crippen LogP) is 0.324. The lowest BCUT2D eigenvalue weighted by molar-refractivity contribution is -0.146. The van der Waals surface area contributed by atoms with Crippen molar-refractivity contribution in [1.82, 2.24) is 10.2 Å². The first kappa shape index (κ1) is 15.3. The van der Waals surface area contributed by atoms with E-state index in [-0.39, 0.29) is 17.9 Å². The van der Waals surface area contributed by atoms with Crippen LogP contribution in [0.4, 0.5) is 0 Å². The number of aliphatic carboxylic acids is 1. The first-order valence-electron chi connectivity index (χ1n) is 7.41. The topological polar surface area (TPSA) is 78.9 Å². The summed E-state index contributed by atoms with van der Waals surface area (Å²) >= 11 is 0. The zero-order valence-corrected chi connectivity index (χ0v) is 12.0. The number of morpholine rings is 1. The molecule has 1 aliphatic carbocycles. The largest absolute Gasteiger partial charge is 0.481 e. The molecule has 0 aromatic rings. The van der Waals surface area contributed by atoms with Crippen molar-refractivity contribution in [2.75, 3.05) is 32.8 Å². The van der Waals surface area contributed by atoms with E-state index in [1.165, 1.54) is 0 Å². The molecule has 1 aliphatic heterocycles. The molecule has 0 radical (unpaired) electrons. The highest BCUT2D eigenvalue weighted by molar-refractivity contribution is 5.85. The van der Waals surface area contributed by atoms with E-state index < -0.39 is 11.9 Å². The zero-order valence-electron chi connectivity index (χ0n) is 12.0. The smallest absolute Gasteiger partial charge is 0.307 e. The van der Waals surface area contributed by atoms with E-state index in [2.05, 4.69) is 10.2 Å². The Morgan fingerprint density at radius 2 is 1.95 bits per heavy atom. The summed E-state index contributed by atoms with van der Waals surface area (Å²) in [6.45, 7) is 6.02. The second-order valence-corrected chi connectivity index (χ2v) is 5.80. The number of hydrogen-bond donors (Lipinski definition) is 2. The van der Waals surface area contributed by atoms with Gasteiger partial charge >= 0.3 is 5.97 Å². The third kappa shape index (κ3) is 3.93. The highest BCUT2D eigenvalue weighted by Crippen LogP contribution is 2.32. The molecule has 0 aromatic carbocycles. The molecular weight excluding hydrogens is 260 g/mol. The molecule has 20 heavy (non-hydrogen) atoms. The molecule has 0 bridgehead atoms. The Bertz CT molecular complexity index is 355. The molecule has 6 heteroatoms. The fourth-order valence-electron chi connectivity index (χ4n) is 3.14. The molecule has 0 spiro atoms. The van der Waals surface area contributed by atoms with Gasteiger partial charge in [0, 0.05) is 25.7 Å². The van der Waals surface area contributed by atoms with Gasteiger partial charge in [-0.25, -0.2) is 0 Å². The Hall–Kier alpha value is -1.14. The Labute approximate surface area is 119 Å². The van der Waals surface area contributed by atoms with E-state index >= 15 is 0 Å². The van der Waals surface area contributed by atoms with Crippen LogP contribution in [-0.4, -0.2) is 60.8 Å². The molecule has 1 saturated carbocycles. The second-order valence-electron chi connectivity index (χ2n) is 5.80. The minimum atomic E-state index is -0.844. The summed E-state index contributed by atoms with van der Waals surface area (Å²) in [5.41, 5.74) is 0. The van der Waals surface area contributed by atoms with Crippen LogP contribution >= 0.6 is 0 Å². The minimum Gasteiger partial charge on any atom is -0.481 e. The van der Waals surface area contributed by atoms with E-state index in [0.717, 1.165) is 39.3 Å². The highest BCUT2D eigenvalue weighted by atomic mass is 16.5. The molecule has 2 rings (SSSR count). The second kappa shape index (κ2) is 7.04. The van der Waals surface area contributed by atoms with E-state index in [9.17, 15) is 9.59 Å². The van der Waals surface area contributed by atoms with E-state index in [1.807, 2.05) is 6.92 Å². The number of carboxylic acid groups (broad SMARTS) is 1. The van der Waals surface area contributed by atoms with Gasteiger partial charge in [-0.05, 0) is 19.8 Å². The van der Waals surface area contributed by atoms with Crippen molar-refractivity contribution in [2.45, 2.75) is 32.2 Å². The van der Waals surface area contributed by atoms with Crippen molar-refractivity contribution >= 4 is 11.9 Å². The average Bonchev–Trinajstić information content (AvgIpc) is 2.89. The molecule has 1 amide bonds. The molecule has 2 fully saturated rings. The van der Waals surface area contributed by atoms with Gasteiger partial charge in [-0.15, -0.1) is 0 Å². The summed E-state index contributed by atoms with van der Waals surface area (Å²) in [5, 5.41) is 12.1. The normalized spacial score (nSPS) is 29.1. The van der Waals surface area contributed by atoms with Gasteiger partial charge in [0.25, 0.3) is 0 Å². The number of hydrogen-bond acceptors (Lipinski definition) is 4. The Morgan fingerprint density at radius 3 is 2.60 bits per heavy atom. The van der Waals surface area contributed by atoms with Crippen LogP contribution in [0.25, 0.3) is 0 Å².